The van der Waals surface area contributed by atoms with Crippen molar-refractivity contribution in [1.82, 2.24) is 0 Å². The van der Waals surface area contributed by atoms with Crippen molar-refractivity contribution >= 4 is 17.1 Å². The van der Waals surface area contributed by atoms with Gasteiger partial charge in [-0.3, -0.25) is 10.1 Å². The van der Waals surface area contributed by atoms with E-state index in [4.69, 9.17) is 4.74 Å². The Morgan fingerprint density at radius 1 is 1.16 bits per heavy atom. The van der Waals surface area contributed by atoms with Gasteiger partial charge in [0.15, 0.2) is 0 Å². The number of methoxy groups -OCH3 is 1. The van der Waals surface area contributed by atoms with Gasteiger partial charge >= 0.3 is 0 Å². The summed E-state index contributed by atoms with van der Waals surface area (Å²) in [6, 6.07) is 14.2. The smallest absolute Gasteiger partial charge is 0.293 e. The minimum atomic E-state index is -0.395. The highest BCUT2D eigenvalue weighted by Crippen LogP contribution is 2.35. The van der Waals surface area contributed by atoms with Gasteiger partial charge in [-0.05, 0) is 18.2 Å². The molecule has 0 aliphatic heterocycles. The van der Waals surface area contributed by atoms with Crippen molar-refractivity contribution in [2.45, 2.75) is 0 Å². The van der Waals surface area contributed by atoms with Crippen LogP contribution in [0.2, 0.25) is 0 Å². The predicted molar refractivity (Wildman–Crippen MR) is 74.2 cm³/mol. The second kappa shape index (κ2) is 5.39. The van der Waals surface area contributed by atoms with Crippen LogP contribution in [0.1, 0.15) is 0 Å². The summed E-state index contributed by atoms with van der Waals surface area (Å²) < 4.78 is 5.13. The van der Waals surface area contributed by atoms with Gasteiger partial charge in [-0.25, -0.2) is 0 Å². The number of anilines is 2. The molecule has 0 radical (unpaired) electrons. The molecule has 19 heavy (non-hydrogen) atoms. The molecule has 0 spiro atoms. The van der Waals surface area contributed by atoms with E-state index in [-0.39, 0.29) is 5.69 Å². The fraction of sp³-hybridized carbons (Fsp3) is 0.143. The van der Waals surface area contributed by atoms with E-state index >= 15 is 0 Å². The standard InChI is InChI=1S/C14H14N2O3/c1-15(11-6-4-3-5-7-11)14-10-12(19-2)8-9-13(14)16(17)18/h3-10H,1-2H3. The Morgan fingerprint density at radius 2 is 1.84 bits per heavy atom. The first kappa shape index (κ1) is 12.9. The Labute approximate surface area is 111 Å². The number of nitrogens with zero attached hydrogens (tertiary/aromatic N) is 2. The molecule has 0 heterocycles. The Hall–Kier alpha value is -2.56. The Balaban J connectivity index is 2.50. The van der Waals surface area contributed by atoms with Crippen molar-refractivity contribution in [2.75, 3.05) is 19.1 Å². The SMILES string of the molecule is COc1ccc([N+](=O)[O-])c(N(C)c2ccccc2)c1. The number of ether oxygens (including phenoxy) is 1. The number of hydrogen-bond donors (Lipinski definition) is 0. The van der Waals surface area contributed by atoms with Gasteiger partial charge in [-0.15, -0.1) is 0 Å². The molecule has 0 aliphatic rings. The minimum Gasteiger partial charge on any atom is -0.497 e. The highest BCUT2D eigenvalue weighted by Gasteiger charge is 2.18. The van der Waals surface area contributed by atoms with Gasteiger partial charge in [0, 0.05) is 24.9 Å². The molecule has 5 nitrogen and oxygen atoms in total. The van der Waals surface area contributed by atoms with E-state index in [1.54, 1.807) is 24.1 Å². The van der Waals surface area contributed by atoms with Crippen molar-refractivity contribution < 1.29 is 9.66 Å². The number of nitro benzene ring substituents is 1. The number of rotatable bonds is 4. The lowest BCUT2D eigenvalue weighted by Gasteiger charge is -2.19. The molecule has 0 N–H and O–H groups in total. The topological polar surface area (TPSA) is 55.6 Å². The van der Waals surface area contributed by atoms with Crippen LogP contribution in [0.4, 0.5) is 17.1 Å². The van der Waals surface area contributed by atoms with Crippen molar-refractivity contribution in [3.8, 4) is 5.75 Å². The van der Waals surface area contributed by atoms with Crippen molar-refractivity contribution in [1.29, 1.82) is 0 Å². The molecule has 5 heteroatoms. The van der Waals surface area contributed by atoms with Crippen LogP contribution in [-0.2, 0) is 0 Å². The lowest BCUT2D eigenvalue weighted by Crippen LogP contribution is -2.11. The second-order valence-corrected chi connectivity index (χ2v) is 4.01. The third kappa shape index (κ3) is 2.65. The summed E-state index contributed by atoms with van der Waals surface area (Å²) in [7, 11) is 3.32. The van der Waals surface area contributed by atoms with Gasteiger partial charge in [-0.1, -0.05) is 18.2 Å². The quantitative estimate of drug-likeness (QED) is 0.623. The number of para-hydroxylation sites is 1. The molecule has 2 rings (SSSR count). The molecule has 0 aliphatic carbocycles. The van der Waals surface area contributed by atoms with Crippen molar-refractivity contribution in [3.63, 3.8) is 0 Å². The van der Waals surface area contributed by atoms with Crippen LogP contribution in [0.3, 0.4) is 0 Å². The van der Waals surface area contributed by atoms with E-state index in [9.17, 15) is 10.1 Å². The molecular weight excluding hydrogens is 244 g/mol. The summed E-state index contributed by atoms with van der Waals surface area (Å²) in [5, 5.41) is 11.1. The van der Waals surface area contributed by atoms with E-state index in [0.717, 1.165) is 5.69 Å². The molecule has 0 fully saturated rings. The van der Waals surface area contributed by atoms with Crippen LogP contribution >= 0.6 is 0 Å². The Kier molecular flexibility index (Phi) is 3.66. The summed E-state index contributed by atoms with van der Waals surface area (Å²) in [5.74, 6) is 0.586. The highest BCUT2D eigenvalue weighted by molar-refractivity contribution is 5.73. The summed E-state index contributed by atoms with van der Waals surface area (Å²) in [6.45, 7) is 0. The van der Waals surface area contributed by atoms with Crippen LogP contribution in [0.5, 0.6) is 5.75 Å². The van der Waals surface area contributed by atoms with Gasteiger partial charge in [0.1, 0.15) is 11.4 Å². The van der Waals surface area contributed by atoms with Gasteiger partial charge in [0.25, 0.3) is 5.69 Å². The number of benzene rings is 2. The third-order valence-corrected chi connectivity index (χ3v) is 2.88. The maximum atomic E-state index is 11.1. The van der Waals surface area contributed by atoms with Crippen LogP contribution in [0, 0.1) is 10.1 Å². The molecule has 0 saturated carbocycles. The van der Waals surface area contributed by atoms with Crippen molar-refractivity contribution in [2.24, 2.45) is 0 Å². The first-order chi connectivity index (χ1) is 9.13. The average Bonchev–Trinajstić information content (AvgIpc) is 2.46. The molecule has 0 amide bonds. The zero-order chi connectivity index (χ0) is 13.8. The van der Waals surface area contributed by atoms with Crippen LogP contribution in [0.15, 0.2) is 48.5 Å². The van der Waals surface area contributed by atoms with Gasteiger partial charge < -0.3 is 9.64 Å². The highest BCUT2D eigenvalue weighted by atomic mass is 16.6. The first-order valence-corrected chi connectivity index (χ1v) is 5.74. The van der Waals surface area contributed by atoms with E-state index in [1.807, 2.05) is 30.3 Å². The normalized spacial score (nSPS) is 10.0. The van der Waals surface area contributed by atoms with Gasteiger partial charge in [0.2, 0.25) is 0 Å². The molecule has 2 aromatic rings. The lowest BCUT2D eigenvalue weighted by atomic mass is 10.2. The number of nitro groups is 1. The third-order valence-electron chi connectivity index (χ3n) is 2.88. The molecular formula is C14H14N2O3. The summed E-state index contributed by atoms with van der Waals surface area (Å²) in [4.78, 5) is 12.5. The average molecular weight is 258 g/mol. The molecule has 0 unspecified atom stereocenters. The zero-order valence-corrected chi connectivity index (χ0v) is 10.7. The molecule has 0 atom stereocenters. The van der Waals surface area contributed by atoms with Crippen LogP contribution < -0.4 is 9.64 Å². The Morgan fingerprint density at radius 3 is 2.42 bits per heavy atom. The minimum absolute atomic E-state index is 0.0483. The lowest BCUT2D eigenvalue weighted by molar-refractivity contribution is -0.384. The van der Waals surface area contributed by atoms with E-state index in [0.29, 0.717) is 11.4 Å². The molecule has 98 valence electrons. The van der Waals surface area contributed by atoms with E-state index in [1.165, 1.54) is 13.2 Å². The van der Waals surface area contributed by atoms with Crippen molar-refractivity contribution in [3.05, 3.63) is 58.6 Å². The zero-order valence-electron chi connectivity index (χ0n) is 10.7. The molecule has 0 bridgehead atoms. The Bertz CT molecular complexity index is 584. The number of hydrogen-bond acceptors (Lipinski definition) is 4. The fourth-order valence-electron chi connectivity index (χ4n) is 1.84. The van der Waals surface area contributed by atoms with Gasteiger partial charge in [0.05, 0.1) is 12.0 Å². The van der Waals surface area contributed by atoms with E-state index in [2.05, 4.69) is 0 Å². The summed E-state index contributed by atoms with van der Waals surface area (Å²) in [5.41, 5.74) is 1.42. The van der Waals surface area contributed by atoms with E-state index < -0.39 is 4.92 Å². The molecule has 0 aromatic heterocycles. The van der Waals surface area contributed by atoms with Crippen LogP contribution in [0.25, 0.3) is 0 Å². The van der Waals surface area contributed by atoms with Gasteiger partial charge in [-0.2, -0.15) is 0 Å². The second-order valence-electron chi connectivity index (χ2n) is 4.01. The maximum absolute atomic E-state index is 11.1. The first-order valence-electron chi connectivity index (χ1n) is 5.74. The predicted octanol–water partition coefficient (Wildman–Crippen LogP) is 3.37. The summed E-state index contributed by atoms with van der Waals surface area (Å²) in [6.07, 6.45) is 0. The molecule has 2 aromatic carbocycles. The maximum Gasteiger partial charge on any atom is 0.293 e. The largest absolute Gasteiger partial charge is 0.497 e. The van der Waals surface area contributed by atoms with Crippen LogP contribution in [-0.4, -0.2) is 19.1 Å². The fourth-order valence-corrected chi connectivity index (χ4v) is 1.84. The molecule has 0 saturated heterocycles. The monoisotopic (exact) mass is 258 g/mol. The summed E-state index contributed by atoms with van der Waals surface area (Å²) >= 11 is 0.